The number of anilines is 1. The molecule has 1 amide bonds. The van der Waals surface area contributed by atoms with E-state index in [-0.39, 0.29) is 5.91 Å². The first-order valence-electron chi connectivity index (χ1n) is 8.20. The van der Waals surface area contributed by atoms with Crippen molar-refractivity contribution in [1.82, 2.24) is 15.2 Å². The number of nitrogens with zero attached hydrogens (tertiary/aromatic N) is 2. The molecule has 4 aromatic rings. The highest BCUT2D eigenvalue weighted by atomic mass is 35.5. The van der Waals surface area contributed by atoms with Crippen molar-refractivity contribution in [2.75, 3.05) is 5.32 Å². The third kappa shape index (κ3) is 3.52. The fourth-order valence-corrected chi connectivity index (χ4v) is 3.19. The quantitative estimate of drug-likeness (QED) is 0.476. The molecular formula is C20H14Cl2N4O. The predicted molar refractivity (Wildman–Crippen MR) is 109 cm³/mol. The Bertz CT molecular complexity index is 1170. The summed E-state index contributed by atoms with van der Waals surface area (Å²) in [7, 11) is 0. The van der Waals surface area contributed by atoms with Crippen LogP contribution in [0.1, 0.15) is 6.92 Å². The van der Waals surface area contributed by atoms with Crippen molar-refractivity contribution >= 4 is 45.8 Å². The fraction of sp³-hybridized carbons (Fsp3) is 0.0500. The van der Waals surface area contributed by atoms with Gasteiger partial charge in [-0.25, -0.2) is 4.98 Å². The van der Waals surface area contributed by atoms with E-state index in [1.54, 1.807) is 12.1 Å². The lowest BCUT2D eigenvalue weighted by molar-refractivity contribution is -0.114. The summed E-state index contributed by atoms with van der Waals surface area (Å²) < 4.78 is 0. The summed E-state index contributed by atoms with van der Waals surface area (Å²) in [5.74, 6) is -0.115. The number of halogens is 2. The van der Waals surface area contributed by atoms with Crippen molar-refractivity contribution in [1.29, 1.82) is 0 Å². The molecule has 0 aliphatic heterocycles. The lowest BCUT2D eigenvalue weighted by Gasteiger charge is -2.06. The van der Waals surface area contributed by atoms with Crippen molar-refractivity contribution in [2.24, 2.45) is 0 Å². The minimum atomic E-state index is -0.115. The van der Waals surface area contributed by atoms with E-state index < -0.39 is 0 Å². The number of aromatic amines is 1. The predicted octanol–water partition coefficient (Wildman–Crippen LogP) is 5.56. The highest BCUT2D eigenvalue weighted by molar-refractivity contribution is 6.42. The Kier molecular flexibility index (Phi) is 4.56. The van der Waals surface area contributed by atoms with E-state index in [0.717, 1.165) is 33.6 Å². The Morgan fingerprint density at radius 3 is 2.63 bits per heavy atom. The van der Waals surface area contributed by atoms with Gasteiger partial charge in [0.15, 0.2) is 5.65 Å². The van der Waals surface area contributed by atoms with Crippen LogP contribution in [0.3, 0.4) is 0 Å². The van der Waals surface area contributed by atoms with E-state index in [2.05, 4.69) is 20.5 Å². The van der Waals surface area contributed by atoms with Crippen LogP contribution in [0.5, 0.6) is 0 Å². The van der Waals surface area contributed by atoms with Gasteiger partial charge in [0.25, 0.3) is 0 Å². The Morgan fingerprint density at radius 1 is 1.00 bits per heavy atom. The van der Waals surface area contributed by atoms with Crippen molar-refractivity contribution in [3.05, 3.63) is 64.6 Å². The third-order valence-corrected chi connectivity index (χ3v) is 4.83. The molecule has 2 heterocycles. The van der Waals surface area contributed by atoms with Crippen LogP contribution < -0.4 is 5.32 Å². The first-order chi connectivity index (χ1) is 13.0. The van der Waals surface area contributed by atoms with Gasteiger partial charge in [-0.15, -0.1) is 0 Å². The van der Waals surface area contributed by atoms with Crippen LogP contribution in [-0.4, -0.2) is 21.1 Å². The molecule has 0 unspecified atom stereocenters. The van der Waals surface area contributed by atoms with E-state index in [9.17, 15) is 4.79 Å². The van der Waals surface area contributed by atoms with Crippen molar-refractivity contribution in [3.63, 3.8) is 0 Å². The standard InChI is InChI=1S/C20H14Cl2N4O/c1-11(27)23-14-4-2-3-12(9-14)18-8-6-15-19(25-26-20(15)24-18)13-5-7-16(21)17(22)10-13/h2-10H,1H3,(H,23,27)(H,24,25,26). The maximum Gasteiger partial charge on any atom is 0.221 e. The second-order valence-corrected chi connectivity index (χ2v) is 6.87. The van der Waals surface area contributed by atoms with Gasteiger partial charge >= 0.3 is 0 Å². The lowest BCUT2D eigenvalue weighted by Crippen LogP contribution is -2.05. The average molecular weight is 397 g/mol. The Balaban J connectivity index is 1.74. The first-order valence-corrected chi connectivity index (χ1v) is 8.95. The van der Waals surface area contributed by atoms with E-state index in [1.165, 1.54) is 6.92 Å². The number of pyridine rings is 1. The topological polar surface area (TPSA) is 70.7 Å². The van der Waals surface area contributed by atoms with E-state index >= 15 is 0 Å². The monoisotopic (exact) mass is 396 g/mol. The molecule has 0 aliphatic rings. The van der Waals surface area contributed by atoms with Gasteiger partial charge in [0, 0.05) is 29.1 Å². The molecule has 0 atom stereocenters. The Labute approximate surface area is 165 Å². The molecule has 7 heteroatoms. The highest BCUT2D eigenvalue weighted by Crippen LogP contribution is 2.32. The second-order valence-electron chi connectivity index (χ2n) is 6.06. The van der Waals surface area contributed by atoms with Gasteiger partial charge < -0.3 is 5.32 Å². The van der Waals surface area contributed by atoms with Crippen LogP contribution in [0.2, 0.25) is 10.0 Å². The number of nitrogens with one attached hydrogen (secondary N) is 2. The second kappa shape index (κ2) is 7.02. The fourth-order valence-electron chi connectivity index (χ4n) is 2.89. The molecule has 0 saturated heterocycles. The van der Waals surface area contributed by atoms with Crippen LogP contribution in [0.15, 0.2) is 54.6 Å². The van der Waals surface area contributed by atoms with Gasteiger partial charge in [0.1, 0.15) is 5.69 Å². The lowest BCUT2D eigenvalue weighted by atomic mass is 10.1. The summed E-state index contributed by atoms with van der Waals surface area (Å²) in [4.78, 5) is 15.9. The zero-order valence-electron chi connectivity index (χ0n) is 14.3. The normalized spacial score (nSPS) is 10.9. The number of rotatable bonds is 3. The van der Waals surface area contributed by atoms with Gasteiger partial charge in [-0.2, -0.15) is 5.10 Å². The molecule has 5 nitrogen and oxygen atoms in total. The number of hydrogen-bond donors (Lipinski definition) is 2. The number of benzene rings is 2. The number of amides is 1. The Morgan fingerprint density at radius 2 is 1.85 bits per heavy atom. The first kappa shape index (κ1) is 17.5. The third-order valence-electron chi connectivity index (χ3n) is 4.10. The largest absolute Gasteiger partial charge is 0.326 e. The minimum absolute atomic E-state index is 0.115. The van der Waals surface area contributed by atoms with Gasteiger partial charge in [-0.05, 0) is 36.4 Å². The summed E-state index contributed by atoms with van der Waals surface area (Å²) in [5, 5.41) is 12.0. The van der Waals surface area contributed by atoms with Gasteiger partial charge in [-0.1, -0.05) is 41.4 Å². The van der Waals surface area contributed by atoms with Crippen molar-refractivity contribution < 1.29 is 4.79 Å². The maximum absolute atomic E-state index is 11.3. The summed E-state index contributed by atoms with van der Waals surface area (Å²) in [6, 6.07) is 16.8. The molecule has 134 valence electrons. The van der Waals surface area contributed by atoms with E-state index in [4.69, 9.17) is 23.2 Å². The van der Waals surface area contributed by atoms with Gasteiger partial charge in [0.2, 0.25) is 5.91 Å². The number of hydrogen-bond acceptors (Lipinski definition) is 3. The zero-order chi connectivity index (χ0) is 19.0. The number of H-pyrrole nitrogens is 1. The Hall–Kier alpha value is -2.89. The van der Waals surface area contributed by atoms with Crippen LogP contribution in [0.4, 0.5) is 5.69 Å². The molecular weight excluding hydrogens is 383 g/mol. The number of fused-ring (bicyclic) bond motifs is 1. The van der Waals surface area contributed by atoms with Crippen LogP contribution >= 0.6 is 23.2 Å². The van der Waals surface area contributed by atoms with Gasteiger partial charge in [-0.3, -0.25) is 9.89 Å². The van der Waals surface area contributed by atoms with Crippen LogP contribution in [-0.2, 0) is 4.79 Å². The smallest absolute Gasteiger partial charge is 0.221 e. The molecule has 27 heavy (non-hydrogen) atoms. The molecule has 0 saturated carbocycles. The molecule has 0 bridgehead atoms. The summed E-state index contributed by atoms with van der Waals surface area (Å²) >= 11 is 12.1. The van der Waals surface area contributed by atoms with Crippen molar-refractivity contribution in [3.8, 4) is 22.5 Å². The van der Waals surface area contributed by atoms with Crippen LogP contribution in [0, 0.1) is 0 Å². The summed E-state index contributed by atoms with van der Waals surface area (Å²) in [6.45, 7) is 1.48. The highest BCUT2D eigenvalue weighted by Gasteiger charge is 2.12. The average Bonchev–Trinajstić information content (AvgIpc) is 3.07. The molecule has 0 radical (unpaired) electrons. The SMILES string of the molecule is CC(=O)Nc1cccc(-c2ccc3c(-c4ccc(Cl)c(Cl)c4)n[nH]c3n2)c1. The molecule has 2 aromatic carbocycles. The molecule has 0 fully saturated rings. The molecule has 0 aliphatic carbocycles. The molecule has 2 aromatic heterocycles. The molecule has 2 N–H and O–H groups in total. The molecule has 4 rings (SSSR count). The molecule has 0 spiro atoms. The maximum atomic E-state index is 11.3. The number of aromatic nitrogens is 3. The summed E-state index contributed by atoms with van der Waals surface area (Å²) in [6.07, 6.45) is 0. The number of carbonyl (C=O) groups excluding carboxylic acids is 1. The van der Waals surface area contributed by atoms with Crippen molar-refractivity contribution in [2.45, 2.75) is 6.92 Å². The zero-order valence-corrected chi connectivity index (χ0v) is 15.8. The minimum Gasteiger partial charge on any atom is -0.326 e. The van der Waals surface area contributed by atoms with E-state index in [0.29, 0.717) is 15.7 Å². The number of carbonyl (C=O) groups is 1. The van der Waals surface area contributed by atoms with Gasteiger partial charge in [0.05, 0.1) is 15.7 Å². The summed E-state index contributed by atoms with van der Waals surface area (Å²) in [5.41, 5.74) is 4.68. The van der Waals surface area contributed by atoms with Crippen LogP contribution in [0.25, 0.3) is 33.5 Å². The van der Waals surface area contributed by atoms with E-state index in [1.807, 2.05) is 42.5 Å².